The van der Waals surface area contributed by atoms with Crippen LogP contribution < -0.4 is 20.9 Å². The number of allylic oxidation sites excluding steroid dienone is 3. The molecule has 0 unspecified atom stereocenters. The topological polar surface area (TPSA) is 178 Å². The second-order valence-electron chi connectivity index (χ2n) is 10.2. The Labute approximate surface area is 232 Å². The molecule has 3 aliphatic rings. The van der Waals surface area contributed by atoms with Gasteiger partial charge in [-0.05, 0) is 52.0 Å². The molecule has 0 bridgehead atoms. The molecular weight excluding hydrogens is 518 g/mol. The molecule has 216 valence electrons. The van der Waals surface area contributed by atoms with Crippen LogP contribution in [-0.4, -0.2) is 82.2 Å². The molecule has 1 aromatic rings. The first kappa shape index (κ1) is 28.8. The Morgan fingerprint density at radius 3 is 2.62 bits per heavy atom. The number of carbonyl (C=O) groups is 3. The Morgan fingerprint density at radius 1 is 1.18 bits per heavy atom. The maximum atomic E-state index is 12.0. The molecule has 1 aromatic heterocycles. The SMILES string of the molecule is Cc1nc(NC[C@H](NC(=O)O[C@@H](C)C(=O)O)C(=O)O)c(C)c(N2CCC(C3=NC4=C(C=CC3)CCCN4)CC2)n1. The van der Waals surface area contributed by atoms with E-state index in [1.54, 1.807) is 6.92 Å². The zero-order valence-corrected chi connectivity index (χ0v) is 23.1. The molecule has 1 amide bonds. The molecule has 0 saturated carbocycles. The quantitative estimate of drug-likeness (QED) is 0.302. The number of carboxylic acids is 2. The Bertz CT molecular complexity index is 1240. The van der Waals surface area contributed by atoms with E-state index >= 15 is 0 Å². The molecule has 0 aliphatic carbocycles. The van der Waals surface area contributed by atoms with Gasteiger partial charge >= 0.3 is 18.0 Å². The largest absolute Gasteiger partial charge is 0.480 e. The molecule has 0 radical (unpaired) electrons. The van der Waals surface area contributed by atoms with Crippen LogP contribution in [0.5, 0.6) is 0 Å². The van der Waals surface area contributed by atoms with Crippen molar-refractivity contribution in [2.45, 2.75) is 65.0 Å². The molecule has 40 heavy (non-hydrogen) atoms. The normalized spacial score (nSPS) is 19.0. The monoisotopic (exact) mass is 555 g/mol. The number of nitrogens with zero attached hydrogens (tertiary/aromatic N) is 4. The number of nitrogens with one attached hydrogen (secondary N) is 3. The summed E-state index contributed by atoms with van der Waals surface area (Å²) in [5, 5.41) is 27.1. The minimum absolute atomic E-state index is 0.191. The van der Waals surface area contributed by atoms with Crippen molar-refractivity contribution in [1.82, 2.24) is 20.6 Å². The first-order chi connectivity index (χ1) is 19.1. The minimum atomic E-state index is -1.41. The molecule has 2 atom stereocenters. The Morgan fingerprint density at radius 2 is 1.93 bits per heavy atom. The van der Waals surface area contributed by atoms with Gasteiger partial charge in [0.2, 0.25) is 0 Å². The van der Waals surface area contributed by atoms with Crippen molar-refractivity contribution in [2.75, 3.05) is 36.4 Å². The smallest absolute Gasteiger partial charge is 0.408 e. The summed E-state index contributed by atoms with van der Waals surface area (Å²) >= 11 is 0. The van der Waals surface area contributed by atoms with Crippen LogP contribution in [0.2, 0.25) is 0 Å². The zero-order valence-electron chi connectivity index (χ0n) is 23.1. The number of aliphatic carboxylic acids is 2. The van der Waals surface area contributed by atoms with Crippen LogP contribution in [0.4, 0.5) is 16.4 Å². The van der Waals surface area contributed by atoms with E-state index < -0.39 is 30.2 Å². The fraction of sp³-hybridized carbons (Fsp3) is 0.556. The summed E-state index contributed by atoms with van der Waals surface area (Å²) in [5.41, 5.74) is 3.28. The van der Waals surface area contributed by atoms with Gasteiger partial charge in [-0.3, -0.25) is 0 Å². The van der Waals surface area contributed by atoms with Gasteiger partial charge in [0.15, 0.2) is 6.10 Å². The van der Waals surface area contributed by atoms with Crippen LogP contribution >= 0.6 is 0 Å². The molecule has 4 rings (SSSR count). The van der Waals surface area contributed by atoms with E-state index in [4.69, 9.17) is 10.1 Å². The van der Waals surface area contributed by atoms with Crippen molar-refractivity contribution in [3.63, 3.8) is 0 Å². The molecule has 1 saturated heterocycles. The van der Waals surface area contributed by atoms with E-state index in [1.165, 1.54) is 18.2 Å². The van der Waals surface area contributed by atoms with Gasteiger partial charge < -0.3 is 35.8 Å². The Hall–Kier alpha value is -4.16. The molecule has 0 spiro atoms. The van der Waals surface area contributed by atoms with Crippen molar-refractivity contribution < 1.29 is 29.3 Å². The first-order valence-corrected chi connectivity index (χ1v) is 13.6. The summed E-state index contributed by atoms with van der Waals surface area (Å²) in [5.74, 6) is 0.547. The third-order valence-corrected chi connectivity index (χ3v) is 7.31. The van der Waals surface area contributed by atoms with Crippen LogP contribution in [0.25, 0.3) is 0 Å². The van der Waals surface area contributed by atoms with Crippen molar-refractivity contribution >= 4 is 35.4 Å². The first-order valence-electron chi connectivity index (χ1n) is 13.6. The summed E-state index contributed by atoms with van der Waals surface area (Å²) in [6, 6.07) is -1.37. The van der Waals surface area contributed by atoms with Gasteiger partial charge in [0.05, 0.1) is 0 Å². The van der Waals surface area contributed by atoms with Gasteiger partial charge in [-0.25, -0.2) is 29.3 Å². The van der Waals surface area contributed by atoms with Gasteiger partial charge in [0.1, 0.15) is 29.3 Å². The van der Waals surface area contributed by atoms with E-state index in [2.05, 4.69) is 47.7 Å². The maximum absolute atomic E-state index is 12.0. The van der Waals surface area contributed by atoms with Crippen LogP contribution in [0.3, 0.4) is 0 Å². The van der Waals surface area contributed by atoms with E-state index in [1.807, 2.05) is 6.92 Å². The summed E-state index contributed by atoms with van der Waals surface area (Å²) in [4.78, 5) is 50.9. The predicted octanol–water partition coefficient (Wildman–Crippen LogP) is 2.37. The van der Waals surface area contributed by atoms with Crippen LogP contribution in [0, 0.1) is 19.8 Å². The van der Waals surface area contributed by atoms with Crippen molar-refractivity contribution in [3.8, 4) is 0 Å². The maximum Gasteiger partial charge on any atom is 0.408 e. The summed E-state index contributed by atoms with van der Waals surface area (Å²) in [6.07, 6.45) is 6.84. The van der Waals surface area contributed by atoms with E-state index in [0.717, 1.165) is 68.9 Å². The number of anilines is 2. The lowest BCUT2D eigenvalue weighted by Crippen LogP contribution is -2.46. The molecule has 3 aliphatic heterocycles. The molecule has 13 heteroatoms. The zero-order chi connectivity index (χ0) is 28.8. The third kappa shape index (κ3) is 7.07. The number of piperidine rings is 1. The average molecular weight is 556 g/mol. The fourth-order valence-electron chi connectivity index (χ4n) is 5.06. The number of hydrogen-bond acceptors (Lipinski definition) is 10. The highest BCUT2D eigenvalue weighted by molar-refractivity contribution is 5.89. The fourth-order valence-corrected chi connectivity index (χ4v) is 5.06. The minimum Gasteiger partial charge on any atom is -0.480 e. The number of carboxylic acid groups (broad SMARTS) is 2. The molecule has 5 N–H and O–H groups in total. The number of ether oxygens (including phenoxy) is 1. The van der Waals surface area contributed by atoms with Gasteiger partial charge in [-0.1, -0.05) is 12.2 Å². The van der Waals surface area contributed by atoms with Crippen molar-refractivity contribution in [3.05, 3.63) is 34.9 Å². The number of aliphatic imine (C=N–C) groups is 1. The molecular formula is C27H37N7O6. The molecule has 13 nitrogen and oxygen atoms in total. The summed E-state index contributed by atoms with van der Waals surface area (Å²) < 4.78 is 4.68. The predicted molar refractivity (Wildman–Crippen MR) is 149 cm³/mol. The third-order valence-electron chi connectivity index (χ3n) is 7.31. The number of alkyl carbamates (subject to hydrolysis) is 1. The second-order valence-corrected chi connectivity index (χ2v) is 10.2. The number of aromatic nitrogens is 2. The molecule has 1 fully saturated rings. The van der Waals surface area contributed by atoms with Crippen molar-refractivity contribution in [2.24, 2.45) is 10.9 Å². The number of aryl methyl sites for hydroxylation is 1. The Kier molecular flexibility index (Phi) is 9.22. The summed E-state index contributed by atoms with van der Waals surface area (Å²) in [7, 11) is 0. The lowest BCUT2D eigenvalue weighted by atomic mass is 9.90. The van der Waals surface area contributed by atoms with Gasteiger partial charge in [-0.2, -0.15) is 0 Å². The number of amides is 1. The highest BCUT2D eigenvalue weighted by atomic mass is 16.6. The number of rotatable bonds is 9. The molecule has 0 aromatic carbocycles. The number of hydrogen-bond donors (Lipinski definition) is 5. The van der Waals surface area contributed by atoms with Gasteiger partial charge in [-0.15, -0.1) is 0 Å². The standard InChI is InChI=1S/C27H37N7O6/c1-15-22(29-14-21(26(37)38)33-27(39)40-16(2)25(35)36)30-17(3)31-24(15)34-12-9-18(10-13-34)20-8-4-6-19-7-5-11-28-23(19)32-20/h4,6,16,18,21,28H,5,7-14H2,1-3H3,(H,33,39)(H,35,36)(H,37,38)(H,29,30,31)/t16-,21-/m0/s1. The van der Waals surface area contributed by atoms with Crippen molar-refractivity contribution in [1.29, 1.82) is 0 Å². The summed E-state index contributed by atoms with van der Waals surface area (Å²) in [6.45, 7) is 7.19. The lowest BCUT2D eigenvalue weighted by Gasteiger charge is -2.34. The van der Waals surface area contributed by atoms with E-state index in [9.17, 15) is 19.5 Å². The highest BCUT2D eigenvalue weighted by Gasteiger charge is 2.28. The highest BCUT2D eigenvalue weighted by Crippen LogP contribution is 2.30. The van der Waals surface area contributed by atoms with E-state index in [-0.39, 0.29) is 6.54 Å². The molecule has 4 heterocycles. The average Bonchev–Trinajstić information content (AvgIpc) is 3.15. The van der Waals surface area contributed by atoms with E-state index in [0.29, 0.717) is 17.6 Å². The van der Waals surface area contributed by atoms with Crippen LogP contribution in [0.1, 0.15) is 50.4 Å². The number of carbonyl (C=O) groups excluding carboxylic acids is 1. The van der Waals surface area contributed by atoms with Crippen LogP contribution in [-0.2, 0) is 14.3 Å². The van der Waals surface area contributed by atoms with Gasteiger partial charge in [0, 0.05) is 49.8 Å². The van der Waals surface area contributed by atoms with Gasteiger partial charge in [0.25, 0.3) is 0 Å². The van der Waals surface area contributed by atoms with Crippen LogP contribution in [0.15, 0.2) is 28.5 Å². The Balaban J connectivity index is 1.39. The second kappa shape index (κ2) is 12.8. The lowest BCUT2D eigenvalue weighted by molar-refractivity contribution is -0.145.